The van der Waals surface area contributed by atoms with Crippen LogP contribution in [-0.2, 0) is 28.6 Å². The summed E-state index contributed by atoms with van der Waals surface area (Å²) in [5.41, 5.74) is 0. The fraction of sp³-hybridized carbons (Fsp3) is 0.725. The van der Waals surface area contributed by atoms with Crippen molar-refractivity contribution in [2.75, 3.05) is 13.2 Å². The van der Waals surface area contributed by atoms with Crippen LogP contribution in [0.1, 0.15) is 303 Å². The molecule has 0 N–H and O–H groups in total. The summed E-state index contributed by atoms with van der Waals surface area (Å²) in [5, 5.41) is 0. The molecule has 0 saturated heterocycles. The first-order valence-electron chi connectivity index (χ1n) is 31.7. The summed E-state index contributed by atoms with van der Waals surface area (Å²) in [6.45, 7) is 6.39. The maximum atomic E-state index is 12.9. The van der Waals surface area contributed by atoms with Crippen LogP contribution in [-0.4, -0.2) is 37.2 Å². The van der Waals surface area contributed by atoms with Gasteiger partial charge in [-0.15, -0.1) is 0 Å². The Kier molecular flexibility index (Phi) is 59.8. The minimum Gasteiger partial charge on any atom is -0.462 e. The molecule has 6 nitrogen and oxygen atoms in total. The highest BCUT2D eigenvalue weighted by atomic mass is 16.6. The summed E-state index contributed by atoms with van der Waals surface area (Å²) in [7, 11) is 0. The van der Waals surface area contributed by atoms with Gasteiger partial charge < -0.3 is 14.2 Å². The topological polar surface area (TPSA) is 78.9 Å². The number of carbonyl (C=O) groups excluding carboxylic acids is 3. The molecule has 0 aliphatic heterocycles. The van der Waals surface area contributed by atoms with Crippen molar-refractivity contribution in [2.45, 2.75) is 309 Å². The molecule has 6 heteroatoms. The molecular formula is C69H118O6. The maximum absolute atomic E-state index is 12.9. The molecular weight excluding hydrogens is 925 g/mol. The van der Waals surface area contributed by atoms with Crippen LogP contribution in [0.3, 0.4) is 0 Å². The summed E-state index contributed by atoms with van der Waals surface area (Å²) >= 11 is 0. The maximum Gasteiger partial charge on any atom is 0.306 e. The molecule has 0 amide bonds. The highest BCUT2D eigenvalue weighted by molar-refractivity contribution is 5.71. The average molecular weight is 1040 g/mol. The van der Waals surface area contributed by atoms with Crippen LogP contribution >= 0.6 is 0 Å². The largest absolute Gasteiger partial charge is 0.462 e. The van der Waals surface area contributed by atoms with Gasteiger partial charge >= 0.3 is 17.9 Å². The van der Waals surface area contributed by atoms with Gasteiger partial charge in [-0.3, -0.25) is 14.4 Å². The number of unbranched alkanes of at least 4 members (excludes halogenated alkanes) is 30. The Morgan fingerprint density at radius 2 is 0.520 bits per heavy atom. The standard InChI is InChI=1S/C69H118O6/c1-4-7-10-13-16-19-22-24-26-28-29-30-31-32-33-34-35-36-37-38-39-41-42-44-47-50-53-56-59-62-68(71)74-65-66(64-73-67(70)61-58-55-52-49-46-21-18-15-12-9-6-3)75-69(72)63-60-57-54-51-48-45-43-40-27-25-23-20-17-14-11-8-5-2/h7-8,10-11,15-20,24-27,29-30,66H,4-6,9,12-14,21-23,28,31-65H2,1-3H3/b10-7-,11-8-,18-15-,19-16-,20-17-,26-24-,27-25-,30-29-. The van der Waals surface area contributed by atoms with Gasteiger partial charge in [0.15, 0.2) is 6.10 Å². The molecule has 0 heterocycles. The molecule has 430 valence electrons. The first kappa shape index (κ1) is 71.3. The predicted molar refractivity (Wildman–Crippen MR) is 325 cm³/mol. The fourth-order valence-corrected chi connectivity index (χ4v) is 8.84. The molecule has 0 aliphatic carbocycles. The lowest BCUT2D eigenvalue weighted by Gasteiger charge is -2.18. The van der Waals surface area contributed by atoms with E-state index >= 15 is 0 Å². The Morgan fingerprint density at radius 1 is 0.280 bits per heavy atom. The SMILES string of the molecule is CC/C=C\C/C=C\C/C=C\C/C=C\CCCCCCCCCCCCCCCCCCC(=O)OCC(COC(=O)CCCCCCC/C=C\CCCC)OC(=O)CCCCCCCCC/C=C\C/C=C\C/C=C\CC. The van der Waals surface area contributed by atoms with Crippen molar-refractivity contribution in [3.63, 3.8) is 0 Å². The summed E-state index contributed by atoms with van der Waals surface area (Å²) in [6, 6.07) is 0. The Balaban J connectivity index is 4.20. The van der Waals surface area contributed by atoms with E-state index in [9.17, 15) is 14.4 Å². The van der Waals surface area contributed by atoms with Crippen molar-refractivity contribution in [3.05, 3.63) is 97.2 Å². The number of hydrogen-bond acceptors (Lipinski definition) is 6. The Hall–Kier alpha value is -3.67. The van der Waals surface area contributed by atoms with Crippen molar-refractivity contribution in [3.8, 4) is 0 Å². The van der Waals surface area contributed by atoms with Gasteiger partial charge in [-0.1, -0.05) is 272 Å². The molecule has 0 spiro atoms. The second-order valence-electron chi connectivity index (χ2n) is 20.9. The zero-order valence-corrected chi connectivity index (χ0v) is 49.3. The van der Waals surface area contributed by atoms with Gasteiger partial charge in [-0.2, -0.15) is 0 Å². The molecule has 0 bridgehead atoms. The highest BCUT2D eigenvalue weighted by Gasteiger charge is 2.19. The summed E-state index contributed by atoms with van der Waals surface area (Å²) in [5.74, 6) is -0.894. The number of hydrogen-bond donors (Lipinski definition) is 0. The molecule has 1 atom stereocenters. The molecule has 0 fully saturated rings. The molecule has 0 aromatic rings. The zero-order valence-electron chi connectivity index (χ0n) is 49.3. The number of carbonyl (C=O) groups is 3. The van der Waals surface area contributed by atoms with Gasteiger partial charge in [0.1, 0.15) is 13.2 Å². The van der Waals surface area contributed by atoms with Gasteiger partial charge in [0.2, 0.25) is 0 Å². The first-order valence-corrected chi connectivity index (χ1v) is 31.7. The highest BCUT2D eigenvalue weighted by Crippen LogP contribution is 2.16. The van der Waals surface area contributed by atoms with Gasteiger partial charge in [0.05, 0.1) is 0 Å². The Bertz CT molecular complexity index is 1480. The lowest BCUT2D eigenvalue weighted by atomic mass is 10.0. The lowest BCUT2D eigenvalue weighted by molar-refractivity contribution is -0.167. The Morgan fingerprint density at radius 3 is 0.827 bits per heavy atom. The van der Waals surface area contributed by atoms with Crippen LogP contribution in [0.25, 0.3) is 0 Å². The van der Waals surface area contributed by atoms with Gasteiger partial charge in [0, 0.05) is 19.3 Å². The zero-order chi connectivity index (χ0) is 54.3. The summed E-state index contributed by atoms with van der Waals surface area (Å²) in [4.78, 5) is 38.2. The van der Waals surface area contributed by atoms with E-state index < -0.39 is 6.10 Å². The first-order chi connectivity index (χ1) is 37.0. The second-order valence-corrected chi connectivity index (χ2v) is 20.9. The van der Waals surface area contributed by atoms with Crippen LogP contribution < -0.4 is 0 Å². The van der Waals surface area contributed by atoms with E-state index in [0.717, 1.165) is 116 Å². The second kappa shape index (κ2) is 62.9. The molecule has 75 heavy (non-hydrogen) atoms. The molecule has 0 saturated carbocycles. The number of esters is 3. The van der Waals surface area contributed by atoms with Crippen LogP contribution in [0.4, 0.5) is 0 Å². The van der Waals surface area contributed by atoms with Crippen LogP contribution in [0.5, 0.6) is 0 Å². The van der Waals surface area contributed by atoms with Crippen LogP contribution in [0, 0.1) is 0 Å². The smallest absolute Gasteiger partial charge is 0.306 e. The molecule has 0 aromatic carbocycles. The van der Waals surface area contributed by atoms with E-state index in [4.69, 9.17) is 14.2 Å². The fourth-order valence-electron chi connectivity index (χ4n) is 8.84. The predicted octanol–water partition coefficient (Wildman–Crippen LogP) is 21.7. The van der Waals surface area contributed by atoms with E-state index in [1.165, 1.54) is 148 Å². The third-order valence-electron chi connectivity index (χ3n) is 13.6. The monoisotopic (exact) mass is 1040 g/mol. The molecule has 0 aromatic heterocycles. The third-order valence-corrected chi connectivity index (χ3v) is 13.6. The van der Waals surface area contributed by atoms with Crippen molar-refractivity contribution in [2.24, 2.45) is 0 Å². The van der Waals surface area contributed by atoms with E-state index in [2.05, 4.69) is 118 Å². The minimum atomic E-state index is -0.786. The molecule has 0 radical (unpaired) electrons. The normalized spacial score (nSPS) is 12.7. The number of allylic oxidation sites excluding steroid dienone is 16. The van der Waals surface area contributed by atoms with E-state index in [-0.39, 0.29) is 31.1 Å². The van der Waals surface area contributed by atoms with Crippen molar-refractivity contribution in [1.82, 2.24) is 0 Å². The Labute approximate surface area is 464 Å². The lowest BCUT2D eigenvalue weighted by Crippen LogP contribution is -2.30. The average Bonchev–Trinajstić information content (AvgIpc) is 3.41. The number of rotatable bonds is 57. The van der Waals surface area contributed by atoms with E-state index in [0.29, 0.717) is 19.3 Å². The van der Waals surface area contributed by atoms with E-state index in [1.807, 2.05) is 0 Å². The van der Waals surface area contributed by atoms with Gasteiger partial charge in [-0.25, -0.2) is 0 Å². The molecule has 0 aliphatic rings. The minimum absolute atomic E-state index is 0.0823. The molecule has 0 rings (SSSR count). The van der Waals surface area contributed by atoms with E-state index in [1.54, 1.807) is 0 Å². The summed E-state index contributed by atoms with van der Waals surface area (Å²) in [6.07, 6.45) is 84.2. The number of ether oxygens (including phenoxy) is 3. The van der Waals surface area contributed by atoms with Crippen molar-refractivity contribution >= 4 is 17.9 Å². The van der Waals surface area contributed by atoms with Crippen molar-refractivity contribution in [1.29, 1.82) is 0 Å². The quantitative estimate of drug-likeness (QED) is 0.0261. The third kappa shape index (κ3) is 61.1. The van der Waals surface area contributed by atoms with Crippen molar-refractivity contribution < 1.29 is 28.6 Å². The summed E-state index contributed by atoms with van der Waals surface area (Å²) < 4.78 is 16.9. The van der Waals surface area contributed by atoms with Gasteiger partial charge in [0.25, 0.3) is 0 Å². The van der Waals surface area contributed by atoms with Crippen LogP contribution in [0.2, 0.25) is 0 Å². The molecule has 1 unspecified atom stereocenters. The van der Waals surface area contributed by atoms with Gasteiger partial charge in [-0.05, 0) is 109 Å². The van der Waals surface area contributed by atoms with Crippen LogP contribution in [0.15, 0.2) is 97.2 Å².